The van der Waals surface area contributed by atoms with Gasteiger partial charge in [-0.05, 0) is 60.9 Å². The third-order valence-corrected chi connectivity index (χ3v) is 6.75. The topological polar surface area (TPSA) is 72.2 Å². The van der Waals surface area contributed by atoms with Crippen LogP contribution in [-0.2, 0) is 11.3 Å². The molecule has 1 aliphatic rings. The second-order valence-electron chi connectivity index (χ2n) is 8.76. The molecule has 1 aliphatic heterocycles. The number of nitrogens with zero attached hydrogens (tertiary/aromatic N) is 4. The minimum absolute atomic E-state index is 0.0972. The molecule has 9 heteroatoms. The molecular formula is C27H25ClFN5O2. The summed E-state index contributed by atoms with van der Waals surface area (Å²) in [4.78, 5) is 28.3. The van der Waals surface area contributed by atoms with E-state index < -0.39 is 0 Å². The van der Waals surface area contributed by atoms with Gasteiger partial charge in [0.15, 0.2) is 5.82 Å². The fourth-order valence-electron chi connectivity index (χ4n) is 4.50. The lowest BCUT2D eigenvalue weighted by Crippen LogP contribution is -2.45. The first-order valence-corrected chi connectivity index (χ1v) is 12.2. The van der Waals surface area contributed by atoms with Crippen molar-refractivity contribution in [3.63, 3.8) is 0 Å². The van der Waals surface area contributed by atoms with Gasteiger partial charge in [-0.1, -0.05) is 29.8 Å². The summed E-state index contributed by atoms with van der Waals surface area (Å²) in [5.74, 6) is -0.401. The molecule has 0 saturated carbocycles. The Hall–Kier alpha value is -3.91. The summed E-state index contributed by atoms with van der Waals surface area (Å²) in [6, 6.07) is 17.0. The highest BCUT2D eigenvalue weighted by Gasteiger charge is 2.31. The number of hydrogen-bond donors (Lipinski definition) is 1. The van der Waals surface area contributed by atoms with Crippen molar-refractivity contribution >= 4 is 23.4 Å². The zero-order valence-electron chi connectivity index (χ0n) is 19.5. The molecule has 7 nitrogen and oxygen atoms in total. The first-order valence-electron chi connectivity index (χ1n) is 11.8. The van der Waals surface area contributed by atoms with Crippen LogP contribution in [0, 0.1) is 11.7 Å². The van der Waals surface area contributed by atoms with Crippen LogP contribution in [0.15, 0.2) is 79.3 Å². The van der Waals surface area contributed by atoms with Gasteiger partial charge in [-0.3, -0.25) is 9.59 Å². The van der Waals surface area contributed by atoms with Crippen molar-refractivity contribution in [2.24, 2.45) is 5.92 Å². The van der Waals surface area contributed by atoms with Crippen molar-refractivity contribution < 1.29 is 14.0 Å². The van der Waals surface area contributed by atoms with Crippen LogP contribution in [0.2, 0.25) is 5.02 Å². The van der Waals surface area contributed by atoms with Gasteiger partial charge in [0.1, 0.15) is 11.4 Å². The van der Waals surface area contributed by atoms with Crippen molar-refractivity contribution in [1.82, 2.24) is 24.6 Å². The Morgan fingerprint density at radius 3 is 2.56 bits per heavy atom. The van der Waals surface area contributed by atoms with Crippen LogP contribution in [0.1, 0.15) is 28.8 Å². The van der Waals surface area contributed by atoms with Gasteiger partial charge in [0.2, 0.25) is 5.91 Å². The lowest BCUT2D eigenvalue weighted by atomic mass is 9.96. The minimum atomic E-state index is -0.350. The van der Waals surface area contributed by atoms with E-state index in [-0.39, 0.29) is 23.5 Å². The second-order valence-corrected chi connectivity index (χ2v) is 9.17. The Morgan fingerprint density at radius 2 is 1.81 bits per heavy atom. The van der Waals surface area contributed by atoms with Gasteiger partial charge in [-0.15, -0.1) is 0 Å². The maximum absolute atomic E-state index is 13.7. The Kier molecular flexibility index (Phi) is 6.86. The molecule has 36 heavy (non-hydrogen) atoms. The summed E-state index contributed by atoms with van der Waals surface area (Å²) in [5.41, 5.74) is 1.89. The summed E-state index contributed by atoms with van der Waals surface area (Å²) in [5, 5.41) is 8.01. The number of carbonyl (C=O) groups is 2. The maximum atomic E-state index is 13.7. The van der Waals surface area contributed by atoms with Crippen molar-refractivity contribution in [2.75, 3.05) is 13.1 Å². The first kappa shape index (κ1) is 23.8. The van der Waals surface area contributed by atoms with Crippen LogP contribution in [-0.4, -0.2) is 44.2 Å². The Labute approximate surface area is 213 Å². The Balaban J connectivity index is 1.35. The highest BCUT2D eigenvalue weighted by molar-refractivity contribution is 6.31. The number of amides is 2. The molecule has 2 aromatic heterocycles. The second kappa shape index (κ2) is 10.4. The summed E-state index contributed by atoms with van der Waals surface area (Å²) in [6.45, 7) is 1.21. The number of nitrogens with one attached hydrogen (secondary N) is 1. The number of aromatic nitrogens is 3. The predicted octanol–water partition coefficient (Wildman–Crippen LogP) is 4.62. The number of hydrogen-bond acceptors (Lipinski definition) is 3. The number of likely N-dealkylation sites (tertiary alicyclic amines) is 1. The minimum Gasteiger partial charge on any atom is -0.352 e. The summed E-state index contributed by atoms with van der Waals surface area (Å²) >= 11 is 6.20. The third-order valence-electron chi connectivity index (χ3n) is 6.38. The number of piperidine rings is 1. The molecule has 1 atom stereocenters. The standard InChI is InChI=1S/C27H25ClFN5O2/c28-24-8-2-1-6-19(24)16-30-25(35)20-7-5-15-33(18-20)27(36)23-17-31-34(22-11-9-21(29)10-12-22)26(23)32-13-3-4-14-32/h1-4,6,8-14,17,20H,5,7,15-16,18H2,(H,30,35)/t20-/m1/s1. The van der Waals surface area contributed by atoms with Gasteiger partial charge >= 0.3 is 0 Å². The lowest BCUT2D eigenvalue weighted by molar-refractivity contribution is -0.126. The Morgan fingerprint density at radius 1 is 1.06 bits per heavy atom. The van der Waals surface area contributed by atoms with Gasteiger partial charge in [-0.2, -0.15) is 5.10 Å². The molecule has 1 fully saturated rings. The van der Waals surface area contributed by atoms with Crippen LogP contribution in [0.5, 0.6) is 0 Å². The maximum Gasteiger partial charge on any atom is 0.259 e. The average molecular weight is 506 g/mol. The molecule has 184 valence electrons. The first-order chi connectivity index (χ1) is 17.5. The van der Waals surface area contributed by atoms with E-state index in [1.54, 1.807) is 32.3 Å². The molecule has 0 unspecified atom stereocenters. The fourth-order valence-corrected chi connectivity index (χ4v) is 4.71. The van der Waals surface area contributed by atoms with E-state index in [0.29, 0.717) is 48.1 Å². The van der Waals surface area contributed by atoms with Gasteiger partial charge in [0, 0.05) is 37.1 Å². The van der Waals surface area contributed by atoms with Gasteiger partial charge < -0.3 is 14.8 Å². The van der Waals surface area contributed by atoms with Crippen molar-refractivity contribution in [1.29, 1.82) is 0 Å². The van der Waals surface area contributed by atoms with Crippen molar-refractivity contribution in [3.05, 3.63) is 101 Å². The van der Waals surface area contributed by atoms with E-state index in [2.05, 4.69) is 10.4 Å². The van der Waals surface area contributed by atoms with E-state index in [1.165, 1.54) is 18.3 Å². The van der Waals surface area contributed by atoms with Gasteiger partial charge in [0.05, 0.1) is 17.8 Å². The number of halogens is 2. The molecular weight excluding hydrogens is 481 g/mol. The van der Waals surface area contributed by atoms with Crippen LogP contribution in [0.25, 0.3) is 11.5 Å². The smallest absolute Gasteiger partial charge is 0.259 e. The summed E-state index contributed by atoms with van der Waals surface area (Å²) < 4.78 is 16.9. The zero-order valence-corrected chi connectivity index (χ0v) is 20.2. The van der Waals surface area contributed by atoms with Crippen LogP contribution in [0.4, 0.5) is 4.39 Å². The quantitative estimate of drug-likeness (QED) is 0.415. The molecule has 2 amide bonds. The van der Waals surface area contributed by atoms with Crippen molar-refractivity contribution in [3.8, 4) is 11.5 Å². The SMILES string of the molecule is O=C(NCc1ccccc1Cl)[C@@H]1CCCN(C(=O)c2cnn(-c3ccc(F)cc3)c2-n2cccc2)C1. The van der Waals surface area contributed by atoms with Crippen molar-refractivity contribution in [2.45, 2.75) is 19.4 Å². The van der Waals surface area contributed by atoms with E-state index >= 15 is 0 Å². The molecule has 0 spiro atoms. The monoisotopic (exact) mass is 505 g/mol. The van der Waals surface area contributed by atoms with E-state index in [1.807, 2.05) is 42.7 Å². The number of carbonyl (C=O) groups excluding carboxylic acids is 2. The van der Waals surface area contributed by atoms with Gasteiger partial charge in [-0.25, -0.2) is 9.07 Å². The molecule has 0 radical (unpaired) electrons. The molecule has 4 aromatic rings. The molecule has 1 N–H and O–H groups in total. The highest BCUT2D eigenvalue weighted by Crippen LogP contribution is 2.25. The molecule has 0 bridgehead atoms. The predicted molar refractivity (Wildman–Crippen MR) is 135 cm³/mol. The van der Waals surface area contributed by atoms with Crippen LogP contribution < -0.4 is 5.32 Å². The molecule has 5 rings (SSSR count). The number of benzene rings is 2. The largest absolute Gasteiger partial charge is 0.352 e. The normalized spacial score (nSPS) is 15.6. The van der Waals surface area contributed by atoms with E-state index in [9.17, 15) is 14.0 Å². The lowest BCUT2D eigenvalue weighted by Gasteiger charge is -2.32. The third kappa shape index (κ3) is 4.90. The highest BCUT2D eigenvalue weighted by atomic mass is 35.5. The van der Waals surface area contributed by atoms with Crippen LogP contribution in [0.3, 0.4) is 0 Å². The average Bonchev–Trinajstić information content (AvgIpc) is 3.58. The summed E-state index contributed by atoms with van der Waals surface area (Å²) in [6.07, 6.45) is 6.62. The van der Waals surface area contributed by atoms with E-state index in [4.69, 9.17) is 11.6 Å². The summed E-state index contributed by atoms with van der Waals surface area (Å²) in [7, 11) is 0. The molecule has 0 aliphatic carbocycles. The van der Waals surface area contributed by atoms with Gasteiger partial charge in [0.25, 0.3) is 5.91 Å². The zero-order chi connectivity index (χ0) is 25.1. The van der Waals surface area contributed by atoms with E-state index in [0.717, 1.165) is 12.0 Å². The molecule has 2 aromatic carbocycles. The number of rotatable bonds is 6. The van der Waals surface area contributed by atoms with Crippen LogP contribution >= 0.6 is 11.6 Å². The molecule has 1 saturated heterocycles. The fraction of sp³-hybridized carbons (Fsp3) is 0.222. The Bertz CT molecular complexity index is 1370. The molecule has 3 heterocycles.